The second-order valence-corrected chi connectivity index (χ2v) is 8.07. The zero-order valence-corrected chi connectivity index (χ0v) is 16.4. The molecular formula is C23H29N3O. The Kier molecular flexibility index (Phi) is 4.92. The monoisotopic (exact) mass is 363 g/mol. The maximum absolute atomic E-state index is 12.8. The molecule has 0 atom stereocenters. The van der Waals surface area contributed by atoms with E-state index in [1.807, 2.05) is 17.0 Å². The van der Waals surface area contributed by atoms with Gasteiger partial charge in [0.2, 0.25) is 0 Å². The summed E-state index contributed by atoms with van der Waals surface area (Å²) >= 11 is 0. The van der Waals surface area contributed by atoms with Crippen LogP contribution in [-0.2, 0) is 0 Å². The normalized spacial score (nSPS) is 17.8. The van der Waals surface area contributed by atoms with E-state index in [1.165, 1.54) is 30.6 Å². The molecule has 4 nitrogen and oxygen atoms in total. The first-order valence-electron chi connectivity index (χ1n) is 10.1. The molecule has 1 saturated heterocycles. The highest BCUT2D eigenvalue weighted by atomic mass is 16.2. The fourth-order valence-corrected chi connectivity index (χ4v) is 4.53. The predicted molar refractivity (Wildman–Crippen MR) is 114 cm³/mol. The van der Waals surface area contributed by atoms with Gasteiger partial charge in [0, 0.05) is 54.7 Å². The average molecular weight is 364 g/mol. The molecule has 1 amide bonds. The Hall–Kier alpha value is -2.33. The van der Waals surface area contributed by atoms with Gasteiger partial charge in [-0.3, -0.25) is 4.79 Å². The van der Waals surface area contributed by atoms with Gasteiger partial charge >= 0.3 is 0 Å². The van der Waals surface area contributed by atoms with Crippen molar-refractivity contribution in [1.82, 2.24) is 4.90 Å². The number of benzene rings is 2. The molecule has 0 saturated carbocycles. The Morgan fingerprint density at radius 3 is 2.67 bits per heavy atom. The Morgan fingerprint density at radius 2 is 1.89 bits per heavy atom. The molecule has 142 valence electrons. The lowest BCUT2D eigenvalue weighted by atomic mass is 10.0. The van der Waals surface area contributed by atoms with Crippen molar-refractivity contribution >= 4 is 28.1 Å². The van der Waals surface area contributed by atoms with Gasteiger partial charge in [0.15, 0.2) is 0 Å². The van der Waals surface area contributed by atoms with Crippen molar-refractivity contribution in [3.63, 3.8) is 0 Å². The molecule has 0 radical (unpaired) electrons. The zero-order valence-electron chi connectivity index (χ0n) is 16.4. The Bertz CT molecular complexity index is 873. The summed E-state index contributed by atoms with van der Waals surface area (Å²) in [5.74, 6) is 0.793. The number of amides is 1. The predicted octanol–water partition coefficient (Wildman–Crippen LogP) is 4.15. The van der Waals surface area contributed by atoms with Crippen LogP contribution in [0.4, 0.5) is 11.4 Å². The molecule has 2 aliphatic rings. The Labute approximate surface area is 162 Å². The number of anilines is 2. The summed E-state index contributed by atoms with van der Waals surface area (Å²) in [5, 5.41) is 2.30. The van der Waals surface area contributed by atoms with Crippen molar-refractivity contribution in [3.05, 3.63) is 48.6 Å². The van der Waals surface area contributed by atoms with Crippen molar-refractivity contribution in [2.45, 2.75) is 20.3 Å². The molecule has 4 heteroatoms. The van der Waals surface area contributed by atoms with Gasteiger partial charge in [0.25, 0.3) is 5.91 Å². The number of nitrogens with zero attached hydrogens (tertiary/aromatic N) is 3. The van der Waals surface area contributed by atoms with Crippen molar-refractivity contribution < 1.29 is 4.79 Å². The van der Waals surface area contributed by atoms with Crippen LogP contribution in [0.15, 0.2) is 43.0 Å². The van der Waals surface area contributed by atoms with Gasteiger partial charge in [0.05, 0.1) is 5.69 Å². The number of hydrogen-bond donors (Lipinski definition) is 0. The van der Waals surface area contributed by atoms with Crippen molar-refractivity contribution in [3.8, 4) is 0 Å². The summed E-state index contributed by atoms with van der Waals surface area (Å²) in [6.45, 7) is 14.5. The summed E-state index contributed by atoms with van der Waals surface area (Å²) < 4.78 is 0. The largest absolute Gasteiger partial charge is 0.370 e. The summed E-state index contributed by atoms with van der Waals surface area (Å²) in [6.07, 6.45) is 2.97. The van der Waals surface area contributed by atoms with E-state index < -0.39 is 0 Å². The highest BCUT2D eigenvalue weighted by Crippen LogP contribution is 2.41. The van der Waals surface area contributed by atoms with Crippen LogP contribution >= 0.6 is 0 Å². The average Bonchev–Trinajstić information content (AvgIpc) is 2.81. The third-order valence-electron chi connectivity index (χ3n) is 5.63. The second kappa shape index (κ2) is 7.35. The van der Waals surface area contributed by atoms with Gasteiger partial charge in [0.1, 0.15) is 0 Å². The molecule has 0 spiro atoms. The third kappa shape index (κ3) is 3.23. The van der Waals surface area contributed by atoms with Gasteiger partial charge in [-0.05, 0) is 37.1 Å². The molecule has 2 aromatic carbocycles. The van der Waals surface area contributed by atoms with Crippen LogP contribution in [0.3, 0.4) is 0 Å². The standard InChI is InChI=1S/C23H29N3O/c1-4-11-26-21-10-9-20(18-7-5-8-19(22(18)21)23(26)27)25-13-6-12-24(14-15-25)16-17(2)3/h4-5,7-10,17H,1,6,11-16H2,2-3H3. The summed E-state index contributed by atoms with van der Waals surface area (Å²) in [4.78, 5) is 19.7. The molecule has 0 N–H and O–H groups in total. The van der Waals surface area contributed by atoms with Crippen molar-refractivity contribution in [1.29, 1.82) is 0 Å². The Balaban J connectivity index is 1.69. The quantitative estimate of drug-likeness (QED) is 0.747. The maximum Gasteiger partial charge on any atom is 0.259 e. The SMILES string of the molecule is C=CCN1C(=O)c2cccc3c(N4CCCN(CC(C)C)CC4)ccc1c23. The molecule has 2 aliphatic heterocycles. The van der Waals surface area contributed by atoms with E-state index in [0.29, 0.717) is 12.5 Å². The van der Waals surface area contributed by atoms with Gasteiger partial charge in [-0.2, -0.15) is 0 Å². The highest BCUT2D eigenvalue weighted by molar-refractivity contribution is 6.26. The van der Waals surface area contributed by atoms with E-state index in [4.69, 9.17) is 0 Å². The van der Waals surface area contributed by atoms with E-state index in [9.17, 15) is 4.79 Å². The number of carbonyl (C=O) groups excluding carboxylic acids is 1. The van der Waals surface area contributed by atoms with Crippen molar-refractivity contribution in [2.75, 3.05) is 49.1 Å². The first-order valence-corrected chi connectivity index (χ1v) is 10.1. The van der Waals surface area contributed by atoms with Crippen LogP contribution in [0, 0.1) is 5.92 Å². The summed E-state index contributed by atoms with van der Waals surface area (Å²) in [5.41, 5.74) is 3.10. The van der Waals surface area contributed by atoms with Gasteiger partial charge in [-0.15, -0.1) is 6.58 Å². The minimum Gasteiger partial charge on any atom is -0.370 e. The maximum atomic E-state index is 12.8. The molecule has 0 unspecified atom stereocenters. The van der Waals surface area contributed by atoms with E-state index in [-0.39, 0.29) is 5.91 Å². The van der Waals surface area contributed by atoms with Gasteiger partial charge in [-0.1, -0.05) is 32.1 Å². The lowest BCUT2D eigenvalue weighted by Crippen LogP contribution is -2.33. The lowest BCUT2D eigenvalue weighted by Gasteiger charge is -2.26. The van der Waals surface area contributed by atoms with Crippen LogP contribution in [0.25, 0.3) is 10.8 Å². The molecular weight excluding hydrogens is 334 g/mol. The first kappa shape index (κ1) is 18.1. The number of hydrogen-bond acceptors (Lipinski definition) is 3. The summed E-state index contributed by atoms with van der Waals surface area (Å²) in [7, 11) is 0. The van der Waals surface area contributed by atoms with E-state index in [2.05, 4.69) is 48.4 Å². The molecule has 0 aromatic heterocycles. The molecule has 1 fully saturated rings. The van der Waals surface area contributed by atoms with Crippen molar-refractivity contribution in [2.24, 2.45) is 5.92 Å². The minimum atomic E-state index is 0.0895. The molecule has 27 heavy (non-hydrogen) atoms. The van der Waals surface area contributed by atoms with Gasteiger partial charge in [-0.25, -0.2) is 0 Å². The molecule has 0 bridgehead atoms. The molecule has 4 rings (SSSR count). The van der Waals surface area contributed by atoms with E-state index in [1.54, 1.807) is 6.08 Å². The van der Waals surface area contributed by atoms with Crippen LogP contribution in [0.1, 0.15) is 30.6 Å². The van der Waals surface area contributed by atoms with Crippen LogP contribution in [0.5, 0.6) is 0 Å². The first-order chi connectivity index (χ1) is 13.1. The second-order valence-electron chi connectivity index (χ2n) is 8.07. The number of carbonyl (C=O) groups is 1. The summed E-state index contributed by atoms with van der Waals surface area (Å²) in [6, 6.07) is 10.5. The topological polar surface area (TPSA) is 26.8 Å². The fourth-order valence-electron chi connectivity index (χ4n) is 4.53. The van der Waals surface area contributed by atoms with Gasteiger partial charge < -0.3 is 14.7 Å². The molecule has 2 heterocycles. The third-order valence-corrected chi connectivity index (χ3v) is 5.63. The fraction of sp³-hybridized carbons (Fsp3) is 0.435. The Morgan fingerprint density at radius 1 is 1.07 bits per heavy atom. The smallest absolute Gasteiger partial charge is 0.259 e. The number of rotatable bonds is 5. The van der Waals surface area contributed by atoms with E-state index in [0.717, 1.165) is 36.3 Å². The molecule has 0 aliphatic carbocycles. The molecule has 2 aromatic rings. The van der Waals surface area contributed by atoms with Crippen LogP contribution in [0.2, 0.25) is 0 Å². The highest BCUT2D eigenvalue weighted by Gasteiger charge is 2.30. The zero-order chi connectivity index (χ0) is 19.0. The van der Waals surface area contributed by atoms with E-state index >= 15 is 0 Å². The van der Waals surface area contributed by atoms with Crippen LogP contribution in [-0.4, -0.2) is 50.1 Å². The van der Waals surface area contributed by atoms with Crippen LogP contribution < -0.4 is 9.80 Å². The minimum absolute atomic E-state index is 0.0895. The lowest BCUT2D eigenvalue weighted by molar-refractivity contribution is 0.0996.